The zero-order chi connectivity index (χ0) is 19.6. The van der Waals surface area contributed by atoms with Crippen molar-refractivity contribution < 1.29 is 14.7 Å². The van der Waals surface area contributed by atoms with Gasteiger partial charge >= 0.3 is 0 Å². The van der Waals surface area contributed by atoms with Gasteiger partial charge in [0, 0.05) is 32.0 Å². The van der Waals surface area contributed by atoms with Gasteiger partial charge in [-0.3, -0.25) is 14.5 Å². The maximum absolute atomic E-state index is 12.7. The van der Waals surface area contributed by atoms with Gasteiger partial charge in [-0.15, -0.1) is 0 Å². The van der Waals surface area contributed by atoms with E-state index >= 15 is 0 Å². The number of ketones is 1. The number of hydrogen-bond acceptors (Lipinski definition) is 4. The largest absolute Gasteiger partial charge is 0.507 e. The van der Waals surface area contributed by atoms with E-state index in [9.17, 15) is 14.7 Å². The minimum atomic E-state index is 0.0201. The van der Waals surface area contributed by atoms with Crippen LogP contribution in [0.3, 0.4) is 0 Å². The number of carbonyl (C=O) groups is 2. The summed E-state index contributed by atoms with van der Waals surface area (Å²) in [6.45, 7) is 6.59. The molecule has 1 unspecified atom stereocenters. The first-order valence-corrected chi connectivity index (χ1v) is 10.4. The van der Waals surface area contributed by atoms with Crippen molar-refractivity contribution in [2.24, 2.45) is 0 Å². The Balaban J connectivity index is 1.75. The first-order chi connectivity index (χ1) is 13.0. The van der Waals surface area contributed by atoms with E-state index in [0.29, 0.717) is 24.9 Å². The average molecular weight is 375 g/mol. The fourth-order valence-corrected chi connectivity index (χ4v) is 3.89. The average Bonchev–Trinajstić information content (AvgIpc) is 3.06. The predicted molar refractivity (Wildman–Crippen MR) is 108 cm³/mol. The second kappa shape index (κ2) is 11.1. The van der Waals surface area contributed by atoms with Crippen LogP contribution >= 0.6 is 0 Å². The van der Waals surface area contributed by atoms with Crippen LogP contribution in [-0.2, 0) is 4.79 Å². The van der Waals surface area contributed by atoms with Crippen LogP contribution in [-0.4, -0.2) is 47.4 Å². The number of phenols is 1. The Morgan fingerprint density at radius 3 is 2.81 bits per heavy atom. The minimum Gasteiger partial charge on any atom is -0.507 e. The third-order valence-corrected chi connectivity index (χ3v) is 5.40. The summed E-state index contributed by atoms with van der Waals surface area (Å²) in [5.74, 6) is 0.244. The number of likely N-dealkylation sites (tertiary alicyclic amines) is 1. The first-order valence-electron chi connectivity index (χ1n) is 10.4. The van der Waals surface area contributed by atoms with Gasteiger partial charge in [0.15, 0.2) is 5.78 Å². The van der Waals surface area contributed by atoms with Crippen molar-refractivity contribution in [3.63, 3.8) is 0 Å². The molecule has 2 N–H and O–H groups in total. The van der Waals surface area contributed by atoms with Crippen molar-refractivity contribution in [2.45, 2.75) is 71.3 Å². The van der Waals surface area contributed by atoms with Crippen molar-refractivity contribution in [3.8, 4) is 5.75 Å². The van der Waals surface area contributed by atoms with E-state index in [1.54, 1.807) is 12.1 Å². The summed E-state index contributed by atoms with van der Waals surface area (Å²) in [6.07, 6.45) is 7.28. The molecule has 1 fully saturated rings. The quantitative estimate of drug-likeness (QED) is 0.456. The van der Waals surface area contributed by atoms with Crippen molar-refractivity contribution in [1.82, 2.24) is 10.2 Å². The molecule has 1 amide bonds. The van der Waals surface area contributed by atoms with E-state index in [1.807, 2.05) is 13.0 Å². The molecule has 0 spiro atoms. The monoisotopic (exact) mass is 374 g/mol. The zero-order valence-corrected chi connectivity index (χ0v) is 16.8. The molecule has 0 saturated carbocycles. The van der Waals surface area contributed by atoms with Crippen LogP contribution in [0.1, 0.15) is 74.2 Å². The Kier molecular flexibility index (Phi) is 8.79. The SMILES string of the molecule is CCCCCC(=O)NCCCN1CCCC1CC(=O)c1c(C)cccc1O. The molecule has 1 aliphatic heterocycles. The van der Waals surface area contributed by atoms with Gasteiger partial charge in [0.25, 0.3) is 0 Å². The Morgan fingerprint density at radius 2 is 2.07 bits per heavy atom. The summed E-state index contributed by atoms with van der Waals surface area (Å²) in [5, 5.41) is 13.0. The number of aromatic hydroxyl groups is 1. The smallest absolute Gasteiger partial charge is 0.219 e. The lowest BCUT2D eigenvalue weighted by molar-refractivity contribution is -0.121. The van der Waals surface area contributed by atoms with Crippen LogP contribution in [0.2, 0.25) is 0 Å². The van der Waals surface area contributed by atoms with Crippen LogP contribution in [0.15, 0.2) is 18.2 Å². The summed E-state index contributed by atoms with van der Waals surface area (Å²) in [4.78, 5) is 26.8. The van der Waals surface area contributed by atoms with Gasteiger partial charge in [0.1, 0.15) is 5.75 Å². The molecule has 1 aromatic carbocycles. The van der Waals surface area contributed by atoms with Crippen molar-refractivity contribution in [1.29, 1.82) is 0 Å². The Bertz CT molecular complexity index is 610. The highest BCUT2D eigenvalue weighted by atomic mass is 16.3. The first kappa shape index (κ1) is 21.4. The standard InChI is InChI=1S/C22H34N2O3/c1-3-4-5-12-21(27)23-13-8-15-24-14-7-10-18(24)16-20(26)22-17(2)9-6-11-19(22)25/h6,9,11,18,25H,3-5,7-8,10,12-16H2,1-2H3,(H,23,27). The number of unbranched alkanes of at least 4 members (excludes halogenated alkanes) is 2. The number of nitrogens with zero attached hydrogens (tertiary/aromatic N) is 1. The number of phenolic OH excluding ortho intramolecular Hbond substituents is 1. The Hall–Kier alpha value is -1.88. The molecule has 150 valence electrons. The number of benzene rings is 1. The molecule has 0 radical (unpaired) electrons. The van der Waals surface area contributed by atoms with Crippen LogP contribution < -0.4 is 5.32 Å². The Labute approximate surface area is 163 Å². The number of rotatable bonds is 11. The maximum Gasteiger partial charge on any atom is 0.219 e. The van der Waals surface area contributed by atoms with Crippen LogP contribution in [0, 0.1) is 6.92 Å². The molecule has 0 aromatic heterocycles. The van der Waals surface area contributed by atoms with Gasteiger partial charge in [-0.2, -0.15) is 0 Å². The Morgan fingerprint density at radius 1 is 1.26 bits per heavy atom. The highest BCUT2D eigenvalue weighted by Gasteiger charge is 2.27. The molecule has 1 saturated heterocycles. The van der Waals surface area contributed by atoms with Crippen LogP contribution in [0.4, 0.5) is 0 Å². The number of aryl methyl sites for hydroxylation is 1. The molecule has 2 rings (SSSR count). The van der Waals surface area contributed by atoms with E-state index in [0.717, 1.165) is 57.2 Å². The zero-order valence-electron chi connectivity index (χ0n) is 16.8. The van der Waals surface area contributed by atoms with Crippen LogP contribution in [0.25, 0.3) is 0 Å². The van der Waals surface area contributed by atoms with Crippen LogP contribution in [0.5, 0.6) is 5.75 Å². The lowest BCUT2D eigenvalue weighted by Crippen LogP contribution is -2.34. The summed E-state index contributed by atoms with van der Waals surface area (Å²) in [7, 11) is 0. The highest BCUT2D eigenvalue weighted by molar-refractivity contribution is 6.00. The summed E-state index contributed by atoms with van der Waals surface area (Å²) >= 11 is 0. The molecule has 1 atom stereocenters. The van der Waals surface area contributed by atoms with E-state index in [1.165, 1.54) is 0 Å². The number of amides is 1. The fourth-order valence-electron chi connectivity index (χ4n) is 3.89. The molecule has 5 heteroatoms. The normalized spacial score (nSPS) is 17.2. The fraction of sp³-hybridized carbons (Fsp3) is 0.636. The van der Waals surface area contributed by atoms with E-state index in [4.69, 9.17) is 0 Å². The molecule has 27 heavy (non-hydrogen) atoms. The minimum absolute atomic E-state index is 0.0201. The van der Waals surface area contributed by atoms with E-state index in [2.05, 4.69) is 17.1 Å². The third kappa shape index (κ3) is 6.65. The third-order valence-electron chi connectivity index (χ3n) is 5.40. The molecular formula is C22H34N2O3. The summed E-state index contributed by atoms with van der Waals surface area (Å²) in [5.41, 5.74) is 1.29. The summed E-state index contributed by atoms with van der Waals surface area (Å²) < 4.78 is 0. The molecule has 1 aromatic rings. The predicted octanol–water partition coefficient (Wildman–Crippen LogP) is 3.82. The molecule has 0 bridgehead atoms. The number of nitrogens with one attached hydrogen (secondary N) is 1. The highest BCUT2D eigenvalue weighted by Crippen LogP contribution is 2.26. The van der Waals surface area contributed by atoms with E-state index < -0.39 is 0 Å². The lowest BCUT2D eigenvalue weighted by atomic mass is 9.97. The van der Waals surface area contributed by atoms with Gasteiger partial charge in [0.2, 0.25) is 5.91 Å². The number of hydrogen-bond donors (Lipinski definition) is 2. The van der Waals surface area contributed by atoms with Gasteiger partial charge < -0.3 is 10.4 Å². The second-order valence-corrected chi connectivity index (χ2v) is 7.59. The lowest BCUT2D eigenvalue weighted by Gasteiger charge is -2.24. The number of carbonyl (C=O) groups excluding carboxylic acids is 2. The van der Waals surface area contributed by atoms with Crippen molar-refractivity contribution >= 4 is 11.7 Å². The second-order valence-electron chi connectivity index (χ2n) is 7.59. The maximum atomic E-state index is 12.7. The van der Waals surface area contributed by atoms with E-state index in [-0.39, 0.29) is 23.5 Å². The van der Waals surface area contributed by atoms with Gasteiger partial charge in [-0.25, -0.2) is 0 Å². The van der Waals surface area contributed by atoms with Gasteiger partial charge in [-0.05, 0) is 50.8 Å². The van der Waals surface area contributed by atoms with Gasteiger partial charge in [0.05, 0.1) is 5.56 Å². The molecular weight excluding hydrogens is 340 g/mol. The topological polar surface area (TPSA) is 69.6 Å². The molecule has 5 nitrogen and oxygen atoms in total. The molecule has 1 heterocycles. The molecule has 0 aliphatic carbocycles. The molecule has 1 aliphatic rings. The number of Topliss-reactive ketones (excluding diaryl/α,β-unsaturated/α-hetero) is 1. The van der Waals surface area contributed by atoms with Gasteiger partial charge in [-0.1, -0.05) is 31.9 Å². The van der Waals surface area contributed by atoms with Crippen molar-refractivity contribution in [2.75, 3.05) is 19.6 Å². The summed E-state index contributed by atoms with van der Waals surface area (Å²) in [6, 6.07) is 5.44. The van der Waals surface area contributed by atoms with Crippen molar-refractivity contribution in [3.05, 3.63) is 29.3 Å².